The van der Waals surface area contributed by atoms with Crippen molar-refractivity contribution in [1.82, 2.24) is 20.4 Å². The Labute approximate surface area is 176 Å². The first kappa shape index (κ1) is 23.2. The monoisotopic (exact) mass is 473 g/mol. The van der Waals surface area contributed by atoms with Gasteiger partial charge < -0.3 is 15.5 Å². The molecule has 0 atom stereocenters. The lowest BCUT2D eigenvalue weighted by Gasteiger charge is -2.34. The Hall–Kier alpha value is -0.860. The second kappa shape index (κ2) is 14.2. The van der Waals surface area contributed by atoms with Crippen LogP contribution in [0.2, 0.25) is 0 Å². The van der Waals surface area contributed by atoms with Crippen LogP contribution >= 0.6 is 24.0 Å². The van der Waals surface area contributed by atoms with Crippen LogP contribution in [-0.4, -0.2) is 74.7 Å². The Morgan fingerprint density at radius 1 is 1.00 bits per heavy atom. The fraction of sp³-hybridized carbons (Fsp3) is 0.650. The minimum Gasteiger partial charge on any atom is -0.357 e. The van der Waals surface area contributed by atoms with Gasteiger partial charge in [0, 0.05) is 52.4 Å². The molecule has 0 aromatic heterocycles. The molecule has 2 N–H and O–H groups in total. The van der Waals surface area contributed by atoms with Gasteiger partial charge >= 0.3 is 0 Å². The van der Waals surface area contributed by atoms with Crippen molar-refractivity contribution in [2.75, 3.05) is 58.9 Å². The van der Waals surface area contributed by atoms with E-state index in [0.29, 0.717) is 0 Å². The van der Waals surface area contributed by atoms with Crippen LogP contribution in [-0.2, 0) is 6.42 Å². The van der Waals surface area contributed by atoms with E-state index in [1.165, 1.54) is 38.3 Å². The fourth-order valence-electron chi connectivity index (χ4n) is 3.12. The molecule has 0 unspecified atom stereocenters. The molecule has 1 aliphatic rings. The average molecular weight is 473 g/mol. The lowest BCUT2D eigenvalue weighted by molar-refractivity contribution is 0.139. The Kier molecular flexibility index (Phi) is 12.7. The third kappa shape index (κ3) is 9.19. The van der Waals surface area contributed by atoms with Crippen molar-refractivity contribution in [3.8, 4) is 0 Å². The smallest absolute Gasteiger partial charge is 0.191 e. The third-order valence-electron chi connectivity index (χ3n) is 4.71. The van der Waals surface area contributed by atoms with Crippen molar-refractivity contribution in [3.05, 3.63) is 35.9 Å². The second-order valence-corrected chi connectivity index (χ2v) is 6.55. The first-order valence-corrected chi connectivity index (χ1v) is 9.82. The highest BCUT2D eigenvalue weighted by Crippen LogP contribution is 2.02. The van der Waals surface area contributed by atoms with Gasteiger partial charge in [-0.15, -0.1) is 24.0 Å². The van der Waals surface area contributed by atoms with Crippen LogP contribution in [0.15, 0.2) is 35.3 Å². The number of rotatable bonds is 9. The zero-order valence-corrected chi connectivity index (χ0v) is 18.7. The second-order valence-electron chi connectivity index (χ2n) is 6.55. The molecular weight excluding hydrogens is 437 g/mol. The van der Waals surface area contributed by atoms with Gasteiger partial charge in [-0.05, 0) is 31.9 Å². The van der Waals surface area contributed by atoms with E-state index in [-0.39, 0.29) is 24.0 Å². The molecular formula is C20H36IN5. The molecule has 1 heterocycles. The van der Waals surface area contributed by atoms with E-state index in [2.05, 4.69) is 64.6 Å². The van der Waals surface area contributed by atoms with Gasteiger partial charge in [0.1, 0.15) is 0 Å². The predicted molar refractivity (Wildman–Crippen MR) is 123 cm³/mol. The van der Waals surface area contributed by atoms with Gasteiger partial charge in [-0.2, -0.15) is 0 Å². The van der Waals surface area contributed by atoms with Crippen molar-refractivity contribution in [2.24, 2.45) is 4.99 Å². The Balaban J connectivity index is 0.00000338. The molecule has 26 heavy (non-hydrogen) atoms. The zero-order valence-electron chi connectivity index (χ0n) is 16.4. The summed E-state index contributed by atoms with van der Waals surface area (Å²) in [6.07, 6.45) is 2.17. The van der Waals surface area contributed by atoms with Gasteiger partial charge in [0.05, 0.1) is 0 Å². The first-order chi connectivity index (χ1) is 12.3. The lowest BCUT2D eigenvalue weighted by atomic mass is 10.1. The summed E-state index contributed by atoms with van der Waals surface area (Å²) in [6, 6.07) is 10.6. The summed E-state index contributed by atoms with van der Waals surface area (Å²) in [5.41, 5.74) is 1.39. The fourth-order valence-corrected chi connectivity index (χ4v) is 3.12. The molecule has 1 fully saturated rings. The summed E-state index contributed by atoms with van der Waals surface area (Å²) < 4.78 is 0. The van der Waals surface area contributed by atoms with E-state index in [9.17, 15) is 0 Å². The zero-order chi connectivity index (χ0) is 17.7. The lowest BCUT2D eigenvalue weighted by Crippen LogP contribution is -2.49. The highest BCUT2D eigenvalue weighted by molar-refractivity contribution is 14.0. The highest BCUT2D eigenvalue weighted by atomic mass is 127. The van der Waals surface area contributed by atoms with Gasteiger partial charge in [-0.25, -0.2) is 0 Å². The minimum absolute atomic E-state index is 0. The van der Waals surface area contributed by atoms with E-state index >= 15 is 0 Å². The molecule has 0 spiro atoms. The van der Waals surface area contributed by atoms with Crippen LogP contribution in [0.3, 0.4) is 0 Å². The van der Waals surface area contributed by atoms with Crippen molar-refractivity contribution < 1.29 is 0 Å². The number of piperazine rings is 1. The van der Waals surface area contributed by atoms with Gasteiger partial charge in [0.15, 0.2) is 5.96 Å². The number of hydrogen-bond donors (Lipinski definition) is 2. The Morgan fingerprint density at radius 2 is 1.69 bits per heavy atom. The molecule has 1 aromatic carbocycles. The van der Waals surface area contributed by atoms with Gasteiger partial charge in [0.25, 0.3) is 0 Å². The third-order valence-corrected chi connectivity index (χ3v) is 4.71. The van der Waals surface area contributed by atoms with Crippen molar-refractivity contribution in [3.63, 3.8) is 0 Å². The molecule has 0 saturated carbocycles. The average Bonchev–Trinajstić information content (AvgIpc) is 2.66. The topological polar surface area (TPSA) is 42.9 Å². The SMILES string of the molecule is CCNC(=NCCCc1ccccc1)NCCN1CCN(CC)CC1.I. The first-order valence-electron chi connectivity index (χ1n) is 9.82. The summed E-state index contributed by atoms with van der Waals surface area (Å²) in [7, 11) is 0. The molecule has 2 rings (SSSR count). The summed E-state index contributed by atoms with van der Waals surface area (Å²) in [5, 5.41) is 6.82. The van der Waals surface area contributed by atoms with Crippen molar-refractivity contribution >= 4 is 29.9 Å². The number of guanidine groups is 1. The number of benzene rings is 1. The van der Waals surface area contributed by atoms with E-state index in [0.717, 1.165) is 45.0 Å². The standard InChI is InChI=1S/C20H35N5.HI/c1-3-21-20(22-12-8-11-19-9-6-5-7-10-19)23-13-14-25-17-15-24(4-2)16-18-25;/h5-7,9-10H,3-4,8,11-18H2,1-2H3,(H2,21,22,23);1H. The molecule has 0 aliphatic carbocycles. The summed E-state index contributed by atoms with van der Waals surface area (Å²) >= 11 is 0. The molecule has 0 amide bonds. The van der Waals surface area contributed by atoms with Gasteiger partial charge in [0.2, 0.25) is 0 Å². The maximum absolute atomic E-state index is 4.70. The van der Waals surface area contributed by atoms with Crippen molar-refractivity contribution in [1.29, 1.82) is 0 Å². The van der Waals surface area contributed by atoms with Gasteiger partial charge in [-0.3, -0.25) is 9.89 Å². The van der Waals surface area contributed by atoms with E-state index in [1.54, 1.807) is 0 Å². The Morgan fingerprint density at radius 3 is 2.35 bits per heavy atom. The van der Waals surface area contributed by atoms with Gasteiger partial charge in [-0.1, -0.05) is 37.3 Å². The molecule has 1 saturated heterocycles. The number of halogens is 1. The number of nitrogens with zero attached hydrogens (tertiary/aromatic N) is 3. The number of likely N-dealkylation sites (N-methyl/N-ethyl adjacent to an activating group) is 1. The van der Waals surface area contributed by atoms with E-state index < -0.39 is 0 Å². The van der Waals surface area contributed by atoms with E-state index in [1.807, 2.05) is 0 Å². The van der Waals surface area contributed by atoms with Crippen molar-refractivity contribution in [2.45, 2.75) is 26.7 Å². The van der Waals surface area contributed by atoms with Crippen LogP contribution in [0.25, 0.3) is 0 Å². The summed E-state index contributed by atoms with van der Waals surface area (Å²) in [5.74, 6) is 0.947. The number of aliphatic imine (C=N–C) groups is 1. The van der Waals surface area contributed by atoms with Crippen LogP contribution < -0.4 is 10.6 Å². The summed E-state index contributed by atoms with van der Waals surface area (Å²) in [6.45, 7) is 14.1. The van der Waals surface area contributed by atoms with Crippen LogP contribution in [0, 0.1) is 0 Å². The molecule has 148 valence electrons. The summed E-state index contributed by atoms with van der Waals surface area (Å²) in [4.78, 5) is 9.76. The molecule has 1 aromatic rings. The van der Waals surface area contributed by atoms with E-state index in [4.69, 9.17) is 4.99 Å². The molecule has 6 heteroatoms. The quantitative estimate of drug-likeness (QED) is 0.250. The normalized spacial score (nSPS) is 16.2. The number of nitrogens with one attached hydrogen (secondary N) is 2. The maximum Gasteiger partial charge on any atom is 0.191 e. The molecule has 1 aliphatic heterocycles. The number of hydrogen-bond acceptors (Lipinski definition) is 3. The molecule has 0 bridgehead atoms. The van der Waals surface area contributed by atoms with Crippen LogP contribution in [0.5, 0.6) is 0 Å². The minimum atomic E-state index is 0. The molecule has 0 radical (unpaired) electrons. The predicted octanol–water partition coefficient (Wildman–Crippen LogP) is 2.43. The number of aryl methyl sites for hydroxylation is 1. The van der Waals surface area contributed by atoms with Crippen LogP contribution in [0.1, 0.15) is 25.8 Å². The molecule has 5 nitrogen and oxygen atoms in total. The largest absolute Gasteiger partial charge is 0.357 e. The maximum atomic E-state index is 4.70. The highest BCUT2D eigenvalue weighted by Gasteiger charge is 2.14. The Bertz CT molecular complexity index is 486. The van der Waals surface area contributed by atoms with Crippen LogP contribution in [0.4, 0.5) is 0 Å².